The Kier molecular flexibility index (Phi) is 4.50. The fourth-order valence-corrected chi connectivity index (χ4v) is 4.42. The molecule has 2 saturated heterocycles. The lowest BCUT2D eigenvalue weighted by atomic mass is 9.81. The number of methoxy groups -OCH3 is 2. The van der Waals surface area contributed by atoms with Crippen LogP contribution in [0.15, 0.2) is 30.7 Å². The number of rotatable bonds is 5. The van der Waals surface area contributed by atoms with E-state index in [0.717, 1.165) is 19.4 Å². The van der Waals surface area contributed by atoms with Crippen LogP contribution >= 0.6 is 0 Å². The number of ether oxygens (including phenoxy) is 2. The molecule has 0 spiro atoms. The first-order valence-corrected chi connectivity index (χ1v) is 8.95. The van der Waals surface area contributed by atoms with Crippen molar-refractivity contribution in [2.45, 2.75) is 49.9 Å². The number of aromatic nitrogens is 3. The highest BCUT2D eigenvalue weighted by molar-refractivity contribution is 5.33. The number of hydrogen-bond acceptors (Lipinski definition) is 7. The van der Waals surface area contributed by atoms with E-state index in [1.54, 1.807) is 13.3 Å². The average Bonchev–Trinajstić information content (AvgIpc) is 2.92. The lowest BCUT2D eigenvalue weighted by Crippen LogP contribution is -2.49. The molecule has 0 saturated carbocycles. The van der Waals surface area contributed by atoms with Gasteiger partial charge in [-0.15, -0.1) is 0 Å². The third kappa shape index (κ3) is 3.01. The summed E-state index contributed by atoms with van der Waals surface area (Å²) >= 11 is 0. The summed E-state index contributed by atoms with van der Waals surface area (Å²) in [5.41, 5.74) is 0.937. The molecule has 2 atom stereocenters. The molecule has 0 unspecified atom stereocenters. The standard InChI is InChI=1S/C19H24N4O3/c1-25-17-16(11-21-18(22-17)26-2)19(24)9-14-3-4-15(10-19)23(14)12-13-5-7-20-8-6-13/h5-8,11,14-15,24H,3-4,9-10,12H2,1-2H3/t14-,15-/m0/s1. The third-order valence-corrected chi connectivity index (χ3v) is 5.64. The van der Waals surface area contributed by atoms with Crippen molar-refractivity contribution in [3.63, 3.8) is 0 Å². The molecule has 2 aromatic heterocycles. The minimum atomic E-state index is -0.974. The molecule has 0 aliphatic carbocycles. The fourth-order valence-electron chi connectivity index (χ4n) is 4.42. The van der Waals surface area contributed by atoms with E-state index in [-0.39, 0.29) is 6.01 Å². The summed E-state index contributed by atoms with van der Waals surface area (Å²) in [7, 11) is 3.07. The summed E-state index contributed by atoms with van der Waals surface area (Å²) in [5.74, 6) is 0.390. The molecule has 1 N–H and O–H groups in total. The van der Waals surface area contributed by atoms with E-state index >= 15 is 0 Å². The highest BCUT2D eigenvalue weighted by Gasteiger charge is 2.49. The van der Waals surface area contributed by atoms with Crippen molar-refractivity contribution >= 4 is 0 Å². The fraction of sp³-hybridized carbons (Fsp3) is 0.526. The number of nitrogens with zero attached hydrogens (tertiary/aromatic N) is 4. The van der Waals surface area contributed by atoms with Gasteiger partial charge in [-0.1, -0.05) is 0 Å². The van der Waals surface area contributed by atoms with Crippen LogP contribution in [0.3, 0.4) is 0 Å². The average molecular weight is 356 g/mol. The van der Waals surface area contributed by atoms with Gasteiger partial charge < -0.3 is 14.6 Å². The first-order chi connectivity index (χ1) is 12.6. The molecule has 0 radical (unpaired) electrons. The summed E-state index contributed by atoms with van der Waals surface area (Å²) in [5, 5.41) is 11.4. The van der Waals surface area contributed by atoms with Gasteiger partial charge in [-0.3, -0.25) is 9.88 Å². The third-order valence-electron chi connectivity index (χ3n) is 5.64. The van der Waals surface area contributed by atoms with E-state index < -0.39 is 5.60 Å². The smallest absolute Gasteiger partial charge is 0.319 e. The number of pyridine rings is 1. The normalized spacial score (nSPS) is 28.1. The van der Waals surface area contributed by atoms with Gasteiger partial charge >= 0.3 is 6.01 Å². The number of hydrogen-bond donors (Lipinski definition) is 1. The Morgan fingerprint density at radius 1 is 1.15 bits per heavy atom. The maximum absolute atomic E-state index is 11.4. The highest BCUT2D eigenvalue weighted by Crippen LogP contribution is 2.47. The van der Waals surface area contributed by atoms with Gasteiger partial charge in [0.2, 0.25) is 5.88 Å². The van der Waals surface area contributed by atoms with Gasteiger partial charge in [0.05, 0.1) is 25.4 Å². The van der Waals surface area contributed by atoms with Crippen molar-refractivity contribution in [2.75, 3.05) is 14.2 Å². The van der Waals surface area contributed by atoms with Gasteiger partial charge in [0, 0.05) is 37.2 Å². The lowest BCUT2D eigenvalue weighted by Gasteiger charge is -2.44. The van der Waals surface area contributed by atoms with E-state index in [2.05, 4.69) is 32.0 Å². The van der Waals surface area contributed by atoms with Crippen molar-refractivity contribution in [3.8, 4) is 11.9 Å². The Bertz CT molecular complexity index is 757. The Hall–Kier alpha value is -2.25. The molecule has 2 bridgehead atoms. The minimum absolute atomic E-state index is 0.243. The zero-order chi connectivity index (χ0) is 18.1. The Morgan fingerprint density at radius 3 is 2.46 bits per heavy atom. The van der Waals surface area contributed by atoms with Crippen LogP contribution in [0.2, 0.25) is 0 Å². The molecular weight excluding hydrogens is 332 g/mol. The minimum Gasteiger partial charge on any atom is -0.481 e. The second-order valence-corrected chi connectivity index (χ2v) is 7.13. The molecule has 0 amide bonds. The van der Waals surface area contributed by atoms with Crippen molar-refractivity contribution in [3.05, 3.63) is 41.9 Å². The first-order valence-electron chi connectivity index (χ1n) is 8.95. The van der Waals surface area contributed by atoms with Crippen molar-refractivity contribution in [1.82, 2.24) is 19.9 Å². The maximum Gasteiger partial charge on any atom is 0.319 e. The van der Waals surface area contributed by atoms with E-state index in [4.69, 9.17) is 9.47 Å². The highest BCUT2D eigenvalue weighted by atomic mass is 16.5. The van der Waals surface area contributed by atoms with Crippen LogP contribution in [0.1, 0.15) is 36.8 Å². The Morgan fingerprint density at radius 2 is 1.85 bits per heavy atom. The van der Waals surface area contributed by atoms with Crippen LogP contribution in [0, 0.1) is 0 Å². The topological polar surface area (TPSA) is 80.6 Å². The molecule has 0 aromatic carbocycles. The van der Waals surface area contributed by atoms with Crippen LogP contribution < -0.4 is 9.47 Å². The molecule has 7 nitrogen and oxygen atoms in total. The maximum atomic E-state index is 11.4. The van der Waals surface area contributed by atoms with Crippen LogP contribution in [-0.2, 0) is 12.1 Å². The van der Waals surface area contributed by atoms with E-state index in [1.165, 1.54) is 12.7 Å². The van der Waals surface area contributed by atoms with Gasteiger partial charge in [0.25, 0.3) is 0 Å². The molecule has 26 heavy (non-hydrogen) atoms. The molecule has 2 fully saturated rings. The van der Waals surface area contributed by atoms with Gasteiger partial charge in [-0.05, 0) is 43.4 Å². The molecule has 4 rings (SSSR count). The van der Waals surface area contributed by atoms with Crippen LogP contribution in [0.25, 0.3) is 0 Å². The lowest BCUT2D eigenvalue weighted by molar-refractivity contribution is -0.0612. The molecule has 7 heteroatoms. The Balaban J connectivity index is 1.58. The van der Waals surface area contributed by atoms with Crippen LogP contribution in [0.4, 0.5) is 0 Å². The monoisotopic (exact) mass is 356 g/mol. The summed E-state index contributed by atoms with van der Waals surface area (Å²) in [6.07, 6.45) is 8.80. The predicted octanol–water partition coefficient (Wildman–Crippen LogP) is 1.90. The first kappa shape index (κ1) is 17.2. The Labute approximate surface area is 153 Å². The number of aliphatic hydroxyl groups is 1. The largest absolute Gasteiger partial charge is 0.481 e. The van der Waals surface area contributed by atoms with E-state index in [9.17, 15) is 5.11 Å². The van der Waals surface area contributed by atoms with E-state index in [1.807, 2.05) is 12.4 Å². The van der Waals surface area contributed by atoms with Gasteiger partial charge in [0.15, 0.2) is 0 Å². The molecule has 2 aliphatic rings. The van der Waals surface area contributed by atoms with Crippen molar-refractivity contribution < 1.29 is 14.6 Å². The quantitative estimate of drug-likeness (QED) is 0.876. The summed E-state index contributed by atoms with van der Waals surface area (Å²) < 4.78 is 10.5. The number of piperidine rings is 1. The summed E-state index contributed by atoms with van der Waals surface area (Å²) in [6.45, 7) is 0.893. The zero-order valence-corrected chi connectivity index (χ0v) is 15.1. The SMILES string of the molecule is COc1ncc(C2(O)C[C@@H]3CC[C@@H](C2)N3Cc2ccncc2)c(OC)n1. The number of fused-ring (bicyclic) bond motifs is 2. The molecule has 138 valence electrons. The molecule has 2 aromatic rings. The van der Waals surface area contributed by atoms with Crippen molar-refractivity contribution in [2.24, 2.45) is 0 Å². The second-order valence-electron chi connectivity index (χ2n) is 7.13. The zero-order valence-electron chi connectivity index (χ0n) is 15.1. The van der Waals surface area contributed by atoms with E-state index in [0.29, 0.717) is 36.4 Å². The summed E-state index contributed by atoms with van der Waals surface area (Å²) in [4.78, 5) is 15.0. The second kappa shape index (κ2) is 6.81. The van der Waals surface area contributed by atoms with Crippen LogP contribution in [0.5, 0.6) is 11.9 Å². The van der Waals surface area contributed by atoms with Gasteiger partial charge in [0.1, 0.15) is 0 Å². The molecule has 4 heterocycles. The van der Waals surface area contributed by atoms with Gasteiger partial charge in [-0.2, -0.15) is 4.98 Å². The summed E-state index contributed by atoms with van der Waals surface area (Å²) in [6, 6.07) is 5.02. The molecule has 2 aliphatic heterocycles. The van der Waals surface area contributed by atoms with Crippen molar-refractivity contribution in [1.29, 1.82) is 0 Å². The predicted molar refractivity (Wildman–Crippen MR) is 94.9 cm³/mol. The van der Waals surface area contributed by atoms with Crippen LogP contribution in [-0.4, -0.2) is 51.3 Å². The molecular formula is C19H24N4O3. The van der Waals surface area contributed by atoms with Gasteiger partial charge in [-0.25, -0.2) is 4.98 Å².